The van der Waals surface area contributed by atoms with Gasteiger partial charge in [0.1, 0.15) is 0 Å². The molecule has 7 unspecified atom stereocenters. The first kappa shape index (κ1) is 34.8. The van der Waals surface area contributed by atoms with Crippen molar-refractivity contribution in [1.29, 1.82) is 0 Å². The second kappa shape index (κ2) is 15.6. The molecule has 1 aliphatic carbocycles. The third-order valence-electron chi connectivity index (χ3n) is 12.3. The average molecular weight is 626 g/mol. The quantitative estimate of drug-likeness (QED) is 0.238. The third-order valence-corrected chi connectivity index (χ3v) is 12.3. The first-order valence-corrected chi connectivity index (χ1v) is 18.5. The number of carboxylic acids is 1. The van der Waals surface area contributed by atoms with Crippen molar-refractivity contribution in [3.8, 4) is 0 Å². The van der Waals surface area contributed by atoms with Gasteiger partial charge in [-0.05, 0) is 102 Å². The maximum absolute atomic E-state index is 11.8. The molecule has 3 aliphatic heterocycles. The summed E-state index contributed by atoms with van der Waals surface area (Å²) in [4.78, 5) is 11.8. The second-order valence-corrected chi connectivity index (χ2v) is 16.0. The van der Waals surface area contributed by atoms with Crippen LogP contribution in [0.1, 0.15) is 141 Å². The molecule has 5 rings (SSSR count). The second-order valence-electron chi connectivity index (χ2n) is 16.0. The number of aliphatic hydroxyl groups excluding tert-OH is 1. The molecule has 1 aromatic carbocycles. The van der Waals surface area contributed by atoms with Crippen LogP contribution in [-0.2, 0) is 16.6 Å². The van der Waals surface area contributed by atoms with Crippen molar-refractivity contribution in [1.82, 2.24) is 16.0 Å². The molecule has 1 spiro atoms. The molecule has 4 bridgehead atoms. The highest BCUT2D eigenvalue weighted by atomic mass is 16.4. The van der Waals surface area contributed by atoms with Crippen LogP contribution in [0.3, 0.4) is 0 Å². The van der Waals surface area contributed by atoms with Crippen LogP contribution in [0.25, 0.3) is 0 Å². The van der Waals surface area contributed by atoms with E-state index in [1.165, 1.54) is 62.5 Å². The zero-order valence-corrected chi connectivity index (χ0v) is 28.3. The van der Waals surface area contributed by atoms with Crippen molar-refractivity contribution < 1.29 is 20.1 Å². The number of rotatable bonds is 5. The monoisotopic (exact) mass is 625 g/mol. The molecule has 0 aromatic heterocycles. The maximum atomic E-state index is 11.8. The maximum Gasteiger partial charge on any atom is 0.306 e. The summed E-state index contributed by atoms with van der Waals surface area (Å²) in [7, 11) is 0. The van der Waals surface area contributed by atoms with Gasteiger partial charge in [-0.1, -0.05) is 75.6 Å². The molecule has 1 saturated carbocycles. The number of aliphatic hydroxyl groups is 2. The molecular weight excluding hydrogens is 562 g/mol. The van der Waals surface area contributed by atoms with E-state index in [0.29, 0.717) is 31.0 Å². The standard InChI is InChI=1S/C38H63N3O4/c1-28-33(42)17-16-32(41-28)15-14-29-11-6-3-4-7-18-37(45,26-35(43)44)27-40-36(2)21-22-39-34(25-36)38(19-8-5-9-20-38)31-13-10-12-30(23-29)24-31/h10,12-13,24,28-29,32-34,39-42,45H,3-9,11,14-23,25-27H2,1-2H3,(H,43,44). The zero-order valence-electron chi connectivity index (χ0n) is 28.3. The van der Waals surface area contributed by atoms with E-state index in [1.54, 1.807) is 0 Å². The lowest BCUT2D eigenvalue weighted by Crippen LogP contribution is -2.62. The van der Waals surface area contributed by atoms with Crippen LogP contribution in [0.2, 0.25) is 0 Å². The van der Waals surface area contributed by atoms with Gasteiger partial charge in [0.15, 0.2) is 0 Å². The molecule has 3 heterocycles. The van der Waals surface area contributed by atoms with Gasteiger partial charge < -0.3 is 31.3 Å². The van der Waals surface area contributed by atoms with Gasteiger partial charge >= 0.3 is 5.97 Å². The fourth-order valence-electron chi connectivity index (χ4n) is 9.40. The number of carbonyl (C=O) groups is 1. The van der Waals surface area contributed by atoms with Crippen molar-refractivity contribution >= 4 is 5.97 Å². The minimum atomic E-state index is -1.22. The fraction of sp³-hybridized carbons (Fsp3) is 0.816. The number of piperidine rings is 2. The van der Waals surface area contributed by atoms with Crippen LogP contribution in [0.15, 0.2) is 24.3 Å². The van der Waals surface area contributed by atoms with Crippen LogP contribution in [0, 0.1) is 5.92 Å². The smallest absolute Gasteiger partial charge is 0.306 e. The van der Waals surface area contributed by atoms with Crippen LogP contribution in [0.5, 0.6) is 0 Å². The summed E-state index contributed by atoms with van der Waals surface area (Å²) >= 11 is 0. The highest BCUT2D eigenvalue weighted by Crippen LogP contribution is 2.46. The van der Waals surface area contributed by atoms with E-state index in [4.69, 9.17) is 0 Å². The minimum absolute atomic E-state index is 0.0961. The van der Waals surface area contributed by atoms with E-state index in [1.807, 2.05) is 0 Å². The lowest BCUT2D eigenvalue weighted by Gasteiger charge is -2.51. The van der Waals surface area contributed by atoms with Crippen LogP contribution in [0.4, 0.5) is 0 Å². The van der Waals surface area contributed by atoms with Crippen molar-refractivity contribution in [2.45, 2.75) is 177 Å². The molecule has 2 saturated heterocycles. The number of nitrogens with one attached hydrogen (secondary N) is 3. The van der Waals surface area contributed by atoms with Crippen molar-refractivity contribution in [3.63, 3.8) is 0 Å². The Morgan fingerprint density at radius 2 is 1.71 bits per heavy atom. The zero-order chi connectivity index (χ0) is 31.9. The molecule has 0 radical (unpaired) electrons. The van der Waals surface area contributed by atoms with Crippen molar-refractivity contribution in [3.05, 3.63) is 35.4 Å². The molecule has 254 valence electrons. The van der Waals surface area contributed by atoms with Crippen LogP contribution >= 0.6 is 0 Å². The number of β-amino-alcohol motifs (C(OH)–C–C–N with tert-alkyl or cyclic N) is 1. The van der Waals surface area contributed by atoms with Gasteiger partial charge in [-0.3, -0.25) is 4.79 Å². The summed E-state index contributed by atoms with van der Waals surface area (Å²) in [6, 6.07) is 10.6. The van der Waals surface area contributed by atoms with Crippen molar-refractivity contribution in [2.24, 2.45) is 5.92 Å². The van der Waals surface area contributed by atoms with E-state index in [9.17, 15) is 20.1 Å². The number of carboxylic acid groups (broad SMARTS) is 1. The van der Waals surface area contributed by atoms with Gasteiger partial charge in [0.05, 0.1) is 18.1 Å². The predicted octanol–water partition coefficient (Wildman–Crippen LogP) is 5.99. The van der Waals surface area contributed by atoms with E-state index >= 15 is 0 Å². The Bertz CT molecular complexity index is 1090. The number of benzene rings is 1. The average Bonchev–Trinajstić information content (AvgIpc) is 3.02. The highest BCUT2D eigenvalue weighted by molar-refractivity contribution is 5.68. The lowest BCUT2D eigenvalue weighted by molar-refractivity contribution is -0.143. The normalized spacial score (nSPS) is 36.9. The molecule has 4 aliphatic rings. The molecule has 6 N–H and O–H groups in total. The van der Waals surface area contributed by atoms with Gasteiger partial charge in [-0.25, -0.2) is 0 Å². The van der Waals surface area contributed by atoms with Gasteiger partial charge in [0.2, 0.25) is 0 Å². The summed E-state index contributed by atoms with van der Waals surface area (Å²) < 4.78 is 0. The SMILES string of the molecule is CC1NC(CCC2CCCCCCC(O)(CC(=O)O)CNC3(C)CCNC(C3)C3(CCCCC3)c3cccc(c3)C2)CCC1O. The van der Waals surface area contributed by atoms with Crippen LogP contribution < -0.4 is 16.0 Å². The van der Waals surface area contributed by atoms with Gasteiger partial charge in [0.25, 0.3) is 0 Å². The van der Waals surface area contributed by atoms with Crippen LogP contribution in [-0.4, -0.2) is 69.7 Å². The Labute approximate surface area is 272 Å². The fourth-order valence-corrected chi connectivity index (χ4v) is 9.40. The molecule has 3 fully saturated rings. The first-order chi connectivity index (χ1) is 21.6. The minimum Gasteiger partial charge on any atom is -0.481 e. The summed E-state index contributed by atoms with van der Waals surface area (Å²) in [6.07, 6.45) is 19.0. The van der Waals surface area contributed by atoms with E-state index < -0.39 is 11.6 Å². The Balaban J connectivity index is 1.40. The molecule has 45 heavy (non-hydrogen) atoms. The Morgan fingerprint density at radius 3 is 2.49 bits per heavy atom. The Morgan fingerprint density at radius 1 is 0.956 bits per heavy atom. The predicted molar refractivity (Wildman–Crippen MR) is 182 cm³/mol. The molecule has 7 atom stereocenters. The highest BCUT2D eigenvalue weighted by Gasteiger charge is 2.46. The van der Waals surface area contributed by atoms with E-state index in [0.717, 1.165) is 64.3 Å². The van der Waals surface area contributed by atoms with Crippen molar-refractivity contribution in [2.75, 3.05) is 13.1 Å². The van der Waals surface area contributed by atoms with E-state index in [-0.39, 0.29) is 29.5 Å². The van der Waals surface area contributed by atoms with Gasteiger partial charge in [-0.15, -0.1) is 0 Å². The largest absolute Gasteiger partial charge is 0.481 e. The topological polar surface area (TPSA) is 114 Å². The lowest BCUT2D eigenvalue weighted by atomic mass is 9.61. The number of hydrogen-bond acceptors (Lipinski definition) is 6. The number of hydrogen-bond donors (Lipinski definition) is 6. The van der Waals surface area contributed by atoms with Gasteiger partial charge in [0, 0.05) is 35.6 Å². The van der Waals surface area contributed by atoms with Gasteiger partial charge in [-0.2, -0.15) is 0 Å². The first-order valence-electron chi connectivity index (χ1n) is 18.5. The number of aliphatic carboxylic acids is 1. The Kier molecular flexibility index (Phi) is 12.1. The number of fused-ring (bicyclic) bond motifs is 6. The van der Waals surface area contributed by atoms with E-state index in [2.05, 4.69) is 54.1 Å². The summed E-state index contributed by atoms with van der Waals surface area (Å²) in [5.41, 5.74) is 1.71. The summed E-state index contributed by atoms with van der Waals surface area (Å²) in [5.74, 6) is -0.301. The Hall–Kier alpha value is -1.51. The molecular formula is C38H63N3O4. The summed E-state index contributed by atoms with van der Waals surface area (Å²) in [5, 5.41) is 42.9. The molecule has 0 amide bonds. The summed E-state index contributed by atoms with van der Waals surface area (Å²) in [6.45, 7) is 5.66. The molecule has 1 aromatic rings. The molecule has 7 heteroatoms. The third kappa shape index (κ3) is 9.31. The molecule has 7 nitrogen and oxygen atoms in total.